The number of benzene rings is 1. The predicted octanol–water partition coefficient (Wildman–Crippen LogP) is 6.75. The first-order valence-corrected chi connectivity index (χ1v) is 13.0. The quantitative estimate of drug-likeness (QED) is 0.366. The zero-order valence-electron chi connectivity index (χ0n) is 21.7. The Morgan fingerprint density at radius 2 is 1.73 bits per heavy atom. The maximum Gasteiger partial charge on any atom is 0.344 e. The van der Waals surface area contributed by atoms with E-state index in [9.17, 15) is 9.90 Å². The second kappa shape index (κ2) is 11.5. The molecule has 1 atom stereocenters. The van der Waals surface area contributed by atoms with Gasteiger partial charge in [-0.3, -0.25) is 0 Å². The number of aliphatic hydroxyl groups excluding tert-OH is 1. The molecule has 0 radical (unpaired) electrons. The van der Waals surface area contributed by atoms with Gasteiger partial charge in [0.25, 0.3) is 0 Å². The molecule has 1 unspecified atom stereocenters. The van der Waals surface area contributed by atoms with Crippen LogP contribution >= 0.6 is 11.3 Å². The van der Waals surface area contributed by atoms with Crippen LogP contribution in [0.5, 0.6) is 5.75 Å². The fourth-order valence-electron chi connectivity index (χ4n) is 4.30. The van der Waals surface area contributed by atoms with Crippen LogP contribution in [0.25, 0.3) is 0 Å². The van der Waals surface area contributed by atoms with Crippen LogP contribution in [-0.2, 0) is 21.4 Å². The number of esters is 1. The minimum absolute atomic E-state index is 0.0687. The molecular formula is C28H42O4S. The fraction of sp³-hybridized carbons (Fsp3) is 0.607. The average molecular weight is 475 g/mol. The Kier molecular flexibility index (Phi) is 9.57. The minimum Gasteiger partial charge on any atom is -0.482 e. The Morgan fingerprint density at radius 3 is 2.27 bits per heavy atom. The Hall–Kier alpha value is -1.85. The average Bonchev–Trinajstić information content (AvgIpc) is 3.13. The highest BCUT2D eigenvalue weighted by atomic mass is 32.1. The molecule has 1 heterocycles. The molecule has 0 saturated carbocycles. The first-order valence-electron chi connectivity index (χ1n) is 12.2. The highest BCUT2D eigenvalue weighted by Crippen LogP contribution is 2.44. The number of rotatable bonds is 11. The molecule has 1 aromatic carbocycles. The molecular weight excluding hydrogens is 432 g/mol. The van der Waals surface area contributed by atoms with E-state index in [0.717, 1.165) is 31.2 Å². The van der Waals surface area contributed by atoms with Crippen molar-refractivity contribution >= 4 is 17.3 Å². The van der Waals surface area contributed by atoms with Crippen molar-refractivity contribution in [2.45, 2.75) is 92.6 Å². The summed E-state index contributed by atoms with van der Waals surface area (Å²) in [6.07, 6.45) is 3.36. The molecule has 0 saturated heterocycles. The first-order chi connectivity index (χ1) is 15.5. The lowest BCUT2D eigenvalue weighted by molar-refractivity contribution is -0.145. The Labute approximate surface area is 204 Å². The number of hydrogen-bond acceptors (Lipinski definition) is 5. The predicted molar refractivity (Wildman–Crippen MR) is 138 cm³/mol. The number of thiophene rings is 1. The third-order valence-corrected chi connectivity index (χ3v) is 8.22. The molecule has 2 aromatic rings. The highest BCUT2D eigenvalue weighted by Gasteiger charge is 2.33. The van der Waals surface area contributed by atoms with Crippen LogP contribution in [0, 0.1) is 19.3 Å². The van der Waals surface area contributed by atoms with Crippen molar-refractivity contribution in [2.24, 2.45) is 5.41 Å². The second-order valence-corrected chi connectivity index (χ2v) is 11.1. The van der Waals surface area contributed by atoms with Gasteiger partial charge >= 0.3 is 5.97 Å². The van der Waals surface area contributed by atoms with E-state index < -0.39 is 0 Å². The molecule has 2 rings (SSSR count). The summed E-state index contributed by atoms with van der Waals surface area (Å²) >= 11 is 1.89. The van der Waals surface area contributed by atoms with Gasteiger partial charge in [-0.1, -0.05) is 46.8 Å². The third-order valence-electron chi connectivity index (χ3n) is 6.72. The van der Waals surface area contributed by atoms with E-state index in [0.29, 0.717) is 12.4 Å². The van der Waals surface area contributed by atoms with Gasteiger partial charge in [0.2, 0.25) is 0 Å². The Bertz CT molecular complexity index is 918. The molecule has 1 N–H and O–H groups in total. The molecule has 0 bridgehead atoms. The van der Waals surface area contributed by atoms with Gasteiger partial charge in [0, 0.05) is 15.2 Å². The van der Waals surface area contributed by atoms with Crippen molar-refractivity contribution < 1.29 is 19.4 Å². The number of hydrogen-bond donors (Lipinski definition) is 1. The maximum atomic E-state index is 11.7. The van der Waals surface area contributed by atoms with Gasteiger partial charge in [0.05, 0.1) is 12.7 Å². The van der Waals surface area contributed by atoms with E-state index in [4.69, 9.17) is 9.47 Å². The van der Waals surface area contributed by atoms with Crippen LogP contribution in [0.3, 0.4) is 0 Å². The number of carbonyl (C=O) groups excluding carboxylic acids is 1. The van der Waals surface area contributed by atoms with Gasteiger partial charge in [-0.05, 0) is 80.7 Å². The fourth-order valence-corrected chi connectivity index (χ4v) is 5.84. The van der Waals surface area contributed by atoms with Crippen LogP contribution in [0.2, 0.25) is 0 Å². The monoisotopic (exact) mass is 474 g/mol. The largest absolute Gasteiger partial charge is 0.482 e. The summed E-state index contributed by atoms with van der Waals surface area (Å²) in [6, 6.07) is 8.66. The van der Waals surface area contributed by atoms with E-state index in [1.54, 1.807) is 6.92 Å². The maximum absolute atomic E-state index is 11.7. The summed E-state index contributed by atoms with van der Waals surface area (Å²) in [5.41, 5.74) is 3.44. The molecule has 0 spiro atoms. The minimum atomic E-state index is -0.351. The van der Waals surface area contributed by atoms with Gasteiger partial charge in [0.15, 0.2) is 6.61 Å². The molecule has 5 heteroatoms. The zero-order chi connectivity index (χ0) is 24.8. The van der Waals surface area contributed by atoms with Crippen molar-refractivity contribution in [1.29, 1.82) is 0 Å². The van der Waals surface area contributed by atoms with Crippen LogP contribution in [0.15, 0.2) is 24.3 Å². The van der Waals surface area contributed by atoms with Gasteiger partial charge in [-0.25, -0.2) is 4.79 Å². The van der Waals surface area contributed by atoms with E-state index in [2.05, 4.69) is 59.7 Å². The smallest absolute Gasteiger partial charge is 0.344 e. The third kappa shape index (κ3) is 6.60. The molecule has 184 valence electrons. The van der Waals surface area contributed by atoms with Crippen molar-refractivity contribution in [2.75, 3.05) is 13.2 Å². The summed E-state index contributed by atoms with van der Waals surface area (Å²) < 4.78 is 10.7. The van der Waals surface area contributed by atoms with Crippen LogP contribution in [-0.4, -0.2) is 30.4 Å². The highest BCUT2D eigenvalue weighted by molar-refractivity contribution is 7.12. The van der Waals surface area contributed by atoms with Gasteiger partial charge in [-0.15, -0.1) is 11.3 Å². The number of ether oxygens (including phenoxy) is 2. The first kappa shape index (κ1) is 27.4. The van der Waals surface area contributed by atoms with Crippen molar-refractivity contribution in [3.8, 4) is 5.75 Å². The Morgan fingerprint density at radius 1 is 1.06 bits per heavy atom. The van der Waals surface area contributed by atoms with Crippen molar-refractivity contribution in [1.82, 2.24) is 0 Å². The number of carbonyl (C=O) groups is 1. The molecule has 0 aliphatic carbocycles. The lowest BCUT2D eigenvalue weighted by Gasteiger charge is -2.32. The van der Waals surface area contributed by atoms with Crippen molar-refractivity contribution in [3.63, 3.8) is 0 Å². The van der Waals surface area contributed by atoms with E-state index in [1.807, 2.05) is 24.3 Å². The topological polar surface area (TPSA) is 55.8 Å². The summed E-state index contributed by atoms with van der Waals surface area (Å²) in [6.45, 7) is 17.1. The standard InChI is InChI=1S/C28H42O4S/c1-9-28(10-2,21-12-13-22(19(4)16-21)32-18-26(30)31-11-3)25-17-20(5)23(33-25)14-15-24(29)27(6,7)8/h12-13,16-17,24,29H,9-11,14-15,18H2,1-8H3. The lowest BCUT2D eigenvalue weighted by atomic mass is 9.74. The zero-order valence-corrected chi connectivity index (χ0v) is 22.5. The number of aliphatic hydroxyl groups is 1. The second-order valence-electron chi connectivity index (χ2n) is 10.0. The molecule has 4 nitrogen and oxygen atoms in total. The molecule has 0 fully saturated rings. The van der Waals surface area contributed by atoms with E-state index in [-0.39, 0.29) is 29.5 Å². The molecule has 33 heavy (non-hydrogen) atoms. The lowest BCUT2D eigenvalue weighted by Crippen LogP contribution is -2.26. The van der Waals surface area contributed by atoms with Gasteiger partial charge in [0.1, 0.15) is 5.75 Å². The summed E-state index contributed by atoms with van der Waals surface area (Å²) in [5, 5.41) is 10.5. The van der Waals surface area contributed by atoms with Crippen LogP contribution in [0.1, 0.15) is 87.2 Å². The van der Waals surface area contributed by atoms with E-state index in [1.165, 1.54) is 20.9 Å². The Balaban J connectivity index is 2.29. The molecule has 0 aliphatic rings. The molecule has 0 aliphatic heterocycles. The molecule has 0 amide bonds. The van der Waals surface area contributed by atoms with Gasteiger partial charge < -0.3 is 14.6 Å². The summed E-state index contributed by atoms with van der Waals surface area (Å²) in [4.78, 5) is 14.4. The normalized spacial score (nSPS) is 13.1. The summed E-state index contributed by atoms with van der Waals surface area (Å²) in [7, 11) is 0. The van der Waals surface area contributed by atoms with Gasteiger partial charge in [-0.2, -0.15) is 0 Å². The van der Waals surface area contributed by atoms with Crippen molar-refractivity contribution in [3.05, 3.63) is 50.7 Å². The number of aryl methyl sites for hydroxylation is 3. The van der Waals surface area contributed by atoms with Crippen LogP contribution in [0.4, 0.5) is 0 Å². The molecule has 1 aromatic heterocycles. The van der Waals surface area contributed by atoms with Crippen LogP contribution < -0.4 is 4.74 Å². The summed E-state index contributed by atoms with van der Waals surface area (Å²) in [5.74, 6) is 0.364. The SMILES string of the molecule is CCOC(=O)COc1ccc(C(CC)(CC)c2cc(C)c(CCC(O)C(C)(C)C)s2)cc1C. The van der Waals surface area contributed by atoms with E-state index >= 15 is 0 Å².